The SMILES string of the molecule is Cc1cc(=O)c(O)cn1NC(=O)c1ccncc1. The molecule has 6 heteroatoms. The number of carbonyl (C=O) groups is 1. The molecule has 0 unspecified atom stereocenters. The largest absolute Gasteiger partial charge is 0.503 e. The molecule has 0 atom stereocenters. The molecule has 0 aliphatic heterocycles. The molecule has 0 aliphatic carbocycles. The smallest absolute Gasteiger partial charge is 0.270 e. The number of aromatic nitrogens is 2. The van der Waals surface area contributed by atoms with Crippen LogP contribution >= 0.6 is 0 Å². The van der Waals surface area contributed by atoms with E-state index in [1.807, 2.05) is 0 Å². The molecule has 0 radical (unpaired) electrons. The monoisotopic (exact) mass is 245 g/mol. The van der Waals surface area contributed by atoms with E-state index < -0.39 is 11.2 Å². The lowest BCUT2D eigenvalue weighted by molar-refractivity contribution is 0.101. The second kappa shape index (κ2) is 4.70. The number of aryl methyl sites for hydroxylation is 1. The van der Waals surface area contributed by atoms with Crippen LogP contribution in [0.1, 0.15) is 16.1 Å². The van der Waals surface area contributed by atoms with Gasteiger partial charge in [0.1, 0.15) is 0 Å². The van der Waals surface area contributed by atoms with Gasteiger partial charge in [-0.15, -0.1) is 0 Å². The standard InChI is InChI=1S/C12H11N3O3/c1-8-6-10(16)11(17)7-15(8)14-12(18)9-2-4-13-5-3-9/h2-7,17H,1H3,(H,14,18). The fourth-order valence-corrected chi connectivity index (χ4v) is 1.42. The molecule has 0 bridgehead atoms. The summed E-state index contributed by atoms with van der Waals surface area (Å²) in [7, 11) is 0. The molecule has 0 saturated heterocycles. The molecule has 6 nitrogen and oxygen atoms in total. The van der Waals surface area contributed by atoms with E-state index in [1.165, 1.54) is 23.1 Å². The molecule has 0 aromatic carbocycles. The third kappa shape index (κ3) is 2.37. The summed E-state index contributed by atoms with van der Waals surface area (Å²) in [6.07, 6.45) is 4.17. The van der Waals surface area contributed by atoms with Crippen LogP contribution in [0.5, 0.6) is 5.75 Å². The Kier molecular flexibility index (Phi) is 3.09. The zero-order chi connectivity index (χ0) is 13.1. The van der Waals surface area contributed by atoms with Crippen molar-refractivity contribution in [3.8, 4) is 5.75 Å². The van der Waals surface area contributed by atoms with Crippen molar-refractivity contribution in [2.45, 2.75) is 6.92 Å². The summed E-state index contributed by atoms with van der Waals surface area (Å²) >= 11 is 0. The summed E-state index contributed by atoms with van der Waals surface area (Å²) < 4.78 is 1.29. The number of hydrogen-bond donors (Lipinski definition) is 2. The number of rotatable bonds is 2. The molecule has 1 amide bonds. The number of pyridine rings is 2. The van der Waals surface area contributed by atoms with Gasteiger partial charge in [0.2, 0.25) is 5.43 Å². The summed E-state index contributed by atoms with van der Waals surface area (Å²) in [5.41, 5.74) is 3.01. The average molecular weight is 245 g/mol. The Labute approximate surface area is 103 Å². The summed E-state index contributed by atoms with van der Waals surface area (Å²) in [5.74, 6) is -0.779. The first kappa shape index (κ1) is 11.8. The molecule has 2 N–H and O–H groups in total. The predicted octanol–water partition coefficient (Wildman–Crippen LogP) is 0.641. The van der Waals surface area contributed by atoms with Crippen LogP contribution in [0.3, 0.4) is 0 Å². The van der Waals surface area contributed by atoms with Crippen molar-refractivity contribution in [1.29, 1.82) is 0 Å². The highest BCUT2D eigenvalue weighted by Crippen LogP contribution is 2.03. The van der Waals surface area contributed by atoms with E-state index in [4.69, 9.17) is 0 Å². The minimum atomic E-state index is -0.484. The topological polar surface area (TPSA) is 84.2 Å². The van der Waals surface area contributed by atoms with E-state index in [-0.39, 0.29) is 5.91 Å². The van der Waals surface area contributed by atoms with E-state index >= 15 is 0 Å². The summed E-state index contributed by atoms with van der Waals surface area (Å²) in [6.45, 7) is 1.65. The Balaban J connectivity index is 2.28. The quantitative estimate of drug-likeness (QED) is 0.813. The minimum Gasteiger partial charge on any atom is -0.503 e. The zero-order valence-corrected chi connectivity index (χ0v) is 9.62. The first-order valence-corrected chi connectivity index (χ1v) is 5.21. The lowest BCUT2D eigenvalue weighted by atomic mass is 10.2. The highest BCUT2D eigenvalue weighted by Gasteiger charge is 2.07. The normalized spacial score (nSPS) is 10.1. The van der Waals surface area contributed by atoms with Crippen LogP contribution in [-0.2, 0) is 0 Å². The van der Waals surface area contributed by atoms with Gasteiger partial charge in [0.25, 0.3) is 5.91 Å². The van der Waals surface area contributed by atoms with Gasteiger partial charge in [-0.25, -0.2) is 0 Å². The van der Waals surface area contributed by atoms with Gasteiger partial charge in [-0.05, 0) is 19.1 Å². The lowest BCUT2D eigenvalue weighted by Gasteiger charge is -2.12. The van der Waals surface area contributed by atoms with Crippen LogP contribution in [-0.4, -0.2) is 20.7 Å². The fourth-order valence-electron chi connectivity index (χ4n) is 1.42. The Bertz CT molecular complexity index is 635. The molecule has 0 fully saturated rings. The van der Waals surface area contributed by atoms with Crippen LogP contribution < -0.4 is 10.9 Å². The second-order valence-corrected chi connectivity index (χ2v) is 3.71. The Hall–Kier alpha value is -2.63. The number of aromatic hydroxyl groups is 1. The maximum Gasteiger partial charge on any atom is 0.270 e. The van der Waals surface area contributed by atoms with Crippen molar-refractivity contribution in [2.75, 3.05) is 5.43 Å². The molecule has 2 aromatic heterocycles. The van der Waals surface area contributed by atoms with Crippen molar-refractivity contribution in [1.82, 2.24) is 9.66 Å². The second-order valence-electron chi connectivity index (χ2n) is 3.71. The van der Waals surface area contributed by atoms with Crippen molar-refractivity contribution in [3.63, 3.8) is 0 Å². The highest BCUT2D eigenvalue weighted by molar-refractivity contribution is 5.99. The summed E-state index contributed by atoms with van der Waals surface area (Å²) in [4.78, 5) is 26.8. The van der Waals surface area contributed by atoms with E-state index in [1.54, 1.807) is 19.1 Å². The van der Waals surface area contributed by atoms with Crippen LogP contribution in [0.15, 0.2) is 41.6 Å². The van der Waals surface area contributed by atoms with Gasteiger partial charge in [0.05, 0.1) is 6.20 Å². The van der Waals surface area contributed by atoms with Crippen molar-refractivity contribution >= 4 is 5.91 Å². The van der Waals surface area contributed by atoms with Crippen LogP contribution in [0.2, 0.25) is 0 Å². The first-order valence-electron chi connectivity index (χ1n) is 5.21. The molecule has 0 spiro atoms. The first-order chi connectivity index (χ1) is 8.58. The van der Waals surface area contributed by atoms with Gasteiger partial charge in [0, 0.05) is 29.7 Å². The maximum absolute atomic E-state index is 11.8. The average Bonchev–Trinajstić information content (AvgIpc) is 2.37. The summed E-state index contributed by atoms with van der Waals surface area (Å²) in [6, 6.07) is 4.36. The van der Waals surface area contributed by atoms with Gasteiger partial charge in [0.15, 0.2) is 5.75 Å². The van der Waals surface area contributed by atoms with E-state index in [0.29, 0.717) is 11.3 Å². The Morgan fingerprint density at radius 3 is 2.72 bits per heavy atom. The third-order valence-corrected chi connectivity index (χ3v) is 2.39. The van der Waals surface area contributed by atoms with Crippen LogP contribution in [0.4, 0.5) is 0 Å². The predicted molar refractivity (Wildman–Crippen MR) is 65.0 cm³/mol. The molecule has 0 aliphatic rings. The number of carbonyl (C=O) groups excluding carboxylic acids is 1. The molecule has 2 aromatic rings. The van der Waals surface area contributed by atoms with E-state index in [9.17, 15) is 14.7 Å². The Morgan fingerprint density at radius 1 is 1.39 bits per heavy atom. The highest BCUT2D eigenvalue weighted by atomic mass is 16.3. The third-order valence-electron chi connectivity index (χ3n) is 2.39. The fraction of sp³-hybridized carbons (Fsp3) is 0.0833. The molecular weight excluding hydrogens is 234 g/mol. The number of nitrogens with one attached hydrogen (secondary N) is 1. The lowest BCUT2D eigenvalue weighted by Crippen LogP contribution is -2.25. The van der Waals surface area contributed by atoms with Crippen LogP contribution in [0, 0.1) is 6.92 Å². The Morgan fingerprint density at radius 2 is 2.06 bits per heavy atom. The van der Waals surface area contributed by atoms with Crippen molar-refractivity contribution < 1.29 is 9.90 Å². The van der Waals surface area contributed by atoms with E-state index in [2.05, 4.69) is 10.4 Å². The van der Waals surface area contributed by atoms with Crippen molar-refractivity contribution in [3.05, 3.63) is 58.3 Å². The molecule has 2 heterocycles. The molecule has 18 heavy (non-hydrogen) atoms. The van der Waals surface area contributed by atoms with Crippen LogP contribution in [0.25, 0.3) is 0 Å². The molecule has 0 saturated carbocycles. The van der Waals surface area contributed by atoms with E-state index in [0.717, 1.165) is 6.20 Å². The van der Waals surface area contributed by atoms with Gasteiger partial charge in [-0.2, -0.15) is 0 Å². The molecular formula is C12H11N3O3. The van der Waals surface area contributed by atoms with Gasteiger partial charge >= 0.3 is 0 Å². The van der Waals surface area contributed by atoms with Gasteiger partial charge in [-0.1, -0.05) is 0 Å². The van der Waals surface area contributed by atoms with Gasteiger partial charge in [-0.3, -0.25) is 24.7 Å². The maximum atomic E-state index is 11.8. The summed E-state index contributed by atoms with van der Waals surface area (Å²) in [5, 5.41) is 9.31. The zero-order valence-electron chi connectivity index (χ0n) is 9.62. The van der Waals surface area contributed by atoms with Crippen molar-refractivity contribution in [2.24, 2.45) is 0 Å². The molecule has 2 rings (SSSR count). The molecule has 92 valence electrons. The number of amides is 1. The minimum absolute atomic E-state index is 0.358. The number of hydrogen-bond acceptors (Lipinski definition) is 4. The number of nitrogens with zero attached hydrogens (tertiary/aromatic N) is 2. The van der Waals surface area contributed by atoms with Gasteiger partial charge < -0.3 is 5.11 Å².